The van der Waals surface area contributed by atoms with Gasteiger partial charge in [0.1, 0.15) is 0 Å². The van der Waals surface area contributed by atoms with Crippen LogP contribution < -0.4 is 4.90 Å². The highest BCUT2D eigenvalue weighted by Crippen LogP contribution is 2.33. The van der Waals surface area contributed by atoms with Crippen LogP contribution in [0.3, 0.4) is 0 Å². The smallest absolute Gasteiger partial charge is 0.225 e. The van der Waals surface area contributed by atoms with E-state index in [1.807, 2.05) is 24.3 Å². The van der Waals surface area contributed by atoms with E-state index >= 15 is 0 Å². The van der Waals surface area contributed by atoms with Gasteiger partial charge in [0.2, 0.25) is 11.9 Å². The second-order valence-electron chi connectivity index (χ2n) is 6.97. The Bertz CT molecular complexity index is 706. The number of amides is 1. The van der Waals surface area contributed by atoms with Gasteiger partial charge in [-0.25, -0.2) is 9.97 Å². The minimum Gasteiger partial charge on any atom is -0.339 e. The summed E-state index contributed by atoms with van der Waals surface area (Å²) in [6.07, 6.45) is 7.22. The maximum Gasteiger partial charge on any atom is 0.225 e. The molecule has 2 saturated heterocycles. The number of hydrogen-bond donors (Lipinski definition) is 0. The van der Waals surface area contributed by atoms with Crippen LogP contribution in [0.2, 0.25) is 0 Å². The Kier molecular flexibility index (Phi) is 4.63. The number of aryl methyl sites for hydroxylation is 1. The van der Waals surface area contributed by atoms with E-state index in [0.717, 1.165) is 44.8 Å². The van der Waals surface area contributed by atoms with Gasteiger partial charge in [-0.05, 0) is 36.8 Å². The third kappa shape index (κ3) is 3.50. The molecule has 25 heavy (non-hydrogen) atoms. The number of piperidine rings is 1. The third-order valence-electron chi connectivity index (χ3n) is 5.49. The van der Waals surface area contributed by atoms with E-state index < -0.39 is 0 Å². The molecule has 0 N–H and O–H groups in total. The molecule has 0 radical (unpaired) electrons. The molecule has 1 amide bonds. The first kappa shape index (κ1) is 16.1. The topological polar surface area (TPSA) is 49.3 Å². The van der Waals surface area contributed by atoms with E-state index in [0.29, 0.717) is 18.4 Å². The second-order valence-corrected chi connectivity index (χ2v) is 6.97. The Balaban J connectivity index is 1.40. The summed E-state index contributed by atoms with van der Waals surface area (Å²) >= 11 is 0. The molecule has 130 valence electrons. The molecule has 1 aromatic heterocycles. The van der Waals surface area contributed by atoms with Gasteiger partial charge in [-0.15, -0.1) is 0 Å². The molecule has 5 nitrogen and oxygen atoms in total. The molecular formula is C20H24N4O. The lowest BCUT2D eigenvalue weighted by atomic mass is 9.92. The lowest BCUT2D eigenvalue weighted by molar-refractivity contribution is -0.132. The van der Waals surface area contributed by atoms with Gasteiger partial charge in [0.15, 0.2) is 0 Å². The standard InChI is InChI=1S/C20H24N4O/c25-19(8-7-16-5-2-1-3-6-16)24-14-10-17-9-13-23(15-18(17)24)20-21-11-4-12-22-20/h1-6,11-12,17-18H,7-10,13-15H2. The van der Waals surface area contributed by atoms with Gasteiger partial charge in [-0.1, -0.05) is 30.3 Å². The zero-order valence-corrected chi connectivity index (χ0v) is 14.4. The number of hydrogen-bond acceptors (Lipinski definition) is 4. The molecule has 2 atom stereocenters. The zero-order valence-electron chi connectivity index (χ0n) is 14.4. The van der Waals surface area contributed by atoms with Crippen LogP contribution >= 0.6 is 0 Å². The van der Waals surface area contributed by atoms with Crippen LogP contribution in [0, 0.1) is 5.92 Å². The largest absolute Gasteiger partial charge is 0.339 e. The number of aromatic nitrogens is 2. The molecule has 0 aliphatic carbocycles. The molecule has 2 fully saturated rings. The van der Waals surface area contributed by atoms with Gasteiger partial charge in [0, 0.05) is 38.4 Å². The molecule has 2 aromatic rings. The molecule has 2 unspecified atom stereocenters. The number of carbonyl (C=O) groups excluding carboxylic acids is 1. The highest BCUT2D eigenvalue weighted by Gasteiger charge is 2.40. The van der Waals surface area contributed by atoms with Crippen molar-refractivity contribution in [2.75, 3.05) is 24.5 Å². The van der Waals surface area contributed by atoms with Gasteiger partial charge in [-0.3, -0.25) is 4.79 Å². The summed E-state index contributed by atoms with van der Waals surface area (Å²) in [5.74, 6) is 1.69. The number of anilines is 1. The molecule has 0 bridgehead atoms. The predicted molar refractivity (Wildman–Crippen MR) is 97.2 cm³/mol. The van der Waals surface area contributed by atoms with Crippen LogP contribution in [0.25, 0.3) is 0 Å². The molecule has 4 rings (SSSR count). The Morgan fingerprint density at radius 3 is 2.60 bits per heavy atom. The van der Waals surface area contributed by atoms with Crippen LogP contribution in [0.5, 0.6) is 0 Å². The van der Waals surface area contributed by atoms with Crippen molar-refractivity contribution in [3.05, 3.63) is 54.4 Å². The highest BCUT2D eigenvalue weighted by atomic mass is 16.2. The third-order valence-corrected chi connectivity index (χ3v) is 5.49. The molecule has 2 aliphatic heterocycles. The summed E-state index contributed by atoms with van der Waals surface area (Å²) in [5, 5.41) is 0. The van der Waals surface area contributed by atoms with Crippen LogP contribution in [-0.2, 0) is 11.2 Å². The average molecular weight is 336 g/mol. The minimum absolute atomic E-state index is 0.284. The fourth-order valence-electron chi connectivity index (χ4n) is 4.13. The summed E-state index contributed by atoms with van der Waals surface area (Å²) in [4.78, 5) is 25.9. The lowest BCUT2D eigenvalue weighted by Gasteiger charge is -2.38. The number of benzene rings is 1. The van der Waals surface area contributed by atoms with Gasteiger partial charge in [0.25, 0.3) is 0 Å². The molecule has 0 saturated carbocycles. The van der Waals surface area contributed by atoms with E-state index in [4.69, 9.17) is 0 Å². The maximum absolute atomic E-state index is 12.8. The first-order valence-corrected chi connectivity index (χ1v) is 9.16. The van der Waals surface area contributed by atoms with Crippen molar-refractivity contribution >= 4 is 11.9 Å². The van der Waals surface area contributed by atoms with E-state index in [9.17, 15) is 4.79 Å². The Morgan fingerprint density at radius 2 is 1.80 bits per heavy atom. The van der Waals surface area contributed by atoms with Crippen molar-refractivity contribution in [3.8, 4) is 0 Å². The van der Waals surface area contributed by atoms with E-state index in [2.05, 4.69) is 31.9 Å². The first-order valence-electron chi connectivity index (χ1n) is 9.16. The summed E-state index contributed by atoms with van der Waals surface area (Å²) in [7, 11) is 0. The molecular weight excluding hydrogens is 312 g/mol. The lowest BCUT2D eigenvalue weighted by Crippen LogP contribution is -2.50. The van der Waals surface area contributed by atoms with Crippen LogP contribution in [-0.4, -0.2) is 46.5 Å². The summed E-state index contributed by atoms with van der Waals surface area (Å²) in [6, 6.07) is 12.4. The Labute approximate surface area is 148 Å². The number of rotatable bonds is 4. The van der Waals surface area contributed by atoms with E-state index in [1.165, 1.54) is 5.56 Å². The summed E-state index contributed by atoms with van der Waals surface area (Å²) in [6.45, 7) is 2.73. The fourth-order valence-corrected chi connectivity index (χ4v) is 4.13. The minimum atomic E-state index is 0.284. The van der Waals surface area contributed by atoms with Crippen LogP contribution in [0.1, 0.15) is 24.8 Å². The van der Waals surface area contributed by atoms with Gasteiger partial charge < -0.3 is 9.80 Å². The Hall–Kier alpha value is -2.43. The summed E-state index contributed by atoms with van der Waals surface area (Å²) in [5.41, 5.74) is 1.23. The number of nitrogens with zero attached hydrogens (tertiary/aromatic N) is 4. The predicted octanol–water partition coefficient (Wildman–Crippen LogP) is 2.54. The molecule has 3 heterocycles. The van der Waals surface area contributed by atoms with Gasteiger partial charge in [-0.2, -0.15) is 0 Å². The van der Waals surface area contributed by atoms with Crippen LogP contribution in [0.15, 0.2) is 48.8 Å². The highest BCUT2D eigenvalue weighted by molar-refractivity contribution is 5.77. The van der Waals surface area contributed by atoms with Crippen molar-refractivity contribution in [3.63, 3.8) is 0 Å². The molecule has 5 heteroatoms. The molecule has 2 aliphatic rings. The zero-order chi connectivity index (χ0) is 17.1. The second kappa shape index (κ2) is 7.21. The van der Waals surface area contributed by atoms with Gasteiger partial charge >= 0.3 is 0 Å². The SMILES string of the molecule is O=C(CCc1ccccc1)N1CCC2CCN(c3ncccn3)CC21. The maximum atomic E-state index is 12.8. The Morgan fingerprint density at radius 1 is 1.04 bits per heavy atom. The number of carbonyl (C=O) groups is 1. The quantitative estimate of drug-likeness (QED) is 0.861. The normalized spacial score (nSPS) is 22.7. The van der Waals surface area contributed by atoms with Crippen molar-refractivity contribution in [2.24, 2.45) is 5.92 Å². The number of likely N-dealkylation sites (tertiary alicyclic amines) is 1. The monoisotopic (exact) mass is 336 g/mol. The first-order chi connectivity index (χ1) is 12.3. The van der Waals surface area contributed by atoms with E-state index in [-0.39, 0.29) is 5.91 Å². The van der Waals surface area contributed by atoms with Crippen molar-refractivity contribution in [1.29, 1.82) is 0 Å². The van der Waals surface area contributed by atoms with Crippen molar-refractivity contribution in [1.82, 2.24) is 14.9 Å². The van der Waals surface area contributed by atoms with Crippen LogP contribution in [0.4, 0.5) is 5.95 Å². The molecule has 1 aromatic carbocycles. The van der Waals surface area contributed by atoms with Gasteiger partial charge in [0.05, 0.1) is 6.04 Å². The van der Waals surface area contributed by atoms with Crippen molar-refractivity contribution < 1.29 is 4.79 Å². The average Bonchev–Trinajstić information content (AvgIpc) is 3.11. The fraction of sp³-hybridized carbons (Fsp3) is 0.450. The van der Waals surface area contributed by atoms with Crippen molar-refractivity contribution in [2.45, 2.75) is 31.7 Å². The number of fused-ring (bicyclic) bond motifs is 1. The molecule has 0 spiro atoms. The van der Waals surface area contributed by atoms with E-state index in [1.54, 1.807) is 12.4 Å². The summed E-state index contributed by atoms with van der Waals surface area (Å²) < 4.78 is 0.